The Bertz CT molecular complexity index is 1810. The second kappa shape index (κ2) is 6.60. The molecular weight excluding hydrogens is 390 g/mol. The van der Waals surface area contributed by atoms with Crippen LogP contribution < -0.4 is 5.32 Å². The van der Waals surface area contributed by atoms with E-state index in [1.165, 1.54) is 26.9 Å². The molecule has 1 aromatic heterocycles. The quantitative estimate of drug-likeness (QED) is 0.289. The lowest BCUT2D eigenvalue weighted by atomic mass is 10.00. The fourth-order valence-corrected chi connectivity index (χ4v) is 4.96. The van der Waals surface area contributed by atoms with Crippen molar-refractivity contribution >= 4 is 65.6 Å². The molecule has 2 heteroatoms. The third kappa shape index (κ3) is 2.47. The third-order valence-corrected chi connectivity index (χ3v) is 6.42. The molecule has 0 radical (unpaired) electrons. The molecule has 0 atom stereocenters. The van der Waals surface area contributed by atoms with E-state index < -0.39 is 0 Å². The molecule has 0 spiro atoms. The molecule has 32 heavy (non-hydrogen) atoms. The summed E-state index contributed by atoms with van der Waals surface area (Å²) in [5.41, 5.74) is 3.99. The summed E-state index contributed by atoms with van der Waals surface area (Å²) >= 11 is 0. The van der Waals surface area contributed by atoms with Crippen molar-refractivity contribution in [2.45, 2.75) is 0 Å². The van der Waals surface area contributed by atoms with Crippen LogP contribution in [0, 0.1) is 0 Å². The highest BCUT2D eigenvalue weighted by Crippen LogP contribution is 2.40. The molecule has 0 aliphatic heterocycles. The van der Waals surface area contributed by atoms with Crippen molar-refractivity contribution < 1.29 is 4.42 Å². The fourth-order valence-electron chi connectivity index (χ4n) is 4.96. The summed E-state index contributed by atoms with van der Waals surface area (Å²) in [6.45, 7) is 0. The lowest BCUT2D eigenvalue weighted by Gasteiger charge is -2.13. The van der Waals surface area contributed by atoms with Gasteiger partial charge in [0, 0.05) is 21.8 Å². The Morgan fingerprint density at radius 3 is 2.06 bits per heavy atom. The molecule has 1 N–H and O–H groups in total. The topological polar surface area (TPSA) is 25.2 Å². The summed E-state index contributed by atoms with van der Waals surface area (Å²) in [6.07, 6.45) is 0. The zero-order valence-corrected chi connectivity index (χ0v) is 17.3. The average molecular weight is 409 g/mol. The van der Waals surface area contributed by atoms with Crippen LogP contribution >= 0.6 is 0 Å². The first kappa shape index (κ1) is 17.4. The third-order valence-electron chi connectivity index (χ3n) is 6.42. The molecule has 0 saturated carbocycles. The van der Waals surface area contributed by atoms with Gasteiger partial charge in [0.2, 0.25) is 0 Å². The van der Waals surface area contributed by atoms with Crippen LogP contribution in [0.4, 0.5) is 11.4 Å². The Morgan fingerprint density at radius 1 is 0.469 bits per heavy atom. The number of hydrogen-bond donors (Lipinski definition) is 1. The van der Waals surface area contributed by atoms with Crippen LogP contribution in [0.15, 0.2) is 114 Å². The summed E-state index contributed by atoms with van der Waals surface area (Å²) in [4.78, 5) is 0. The molecule has 150 valence electrons. The van der Waals surface area contributed by atoms with E-state index in [1.807, 2.05) is 6.07 Å². The summed E-state index contributed by atoms with van der Waals surface area (Å²) in [6, 6.07) is 38.4. The molecule has 0 saturated heterocycles. The van der Waals surface area contributed by atoms with Gasteiger partial charge in [0.05, 0.1) is 11.1 Å². The lowest BCUT2D eigenvalue weighted by Crippen LogP contribution is -1.93. The average Bonchev–Trinajstić information content (AvgIpc) is 3.24. The van der Waals surface area contributed by atoms with Gasteiger partial charge in [-0.05, 0) is 45.8 Å². The van der Waals surface area contributed by atoms with Crippen molar-refractivity contribution in [3.63, 3.8) is 0 Å². The maximum Gasteiger partial charge on any atom is 0.143 e. The van der Waals surface area contributed by atoms with Crippen LogP contribution in [-0.4, -0.2) is 0 Å². The normalized spacial score (nSPS) is 11.8. The Hall–Kier alpha value is -4.30. The largest absolute Gasteiger partial charge is 0.455 e. The first-order valence-corrected chi connectivity index (χ1v) is 10.9. The number of nitrogens with one attached hydrogen (secondary N) is 1. The molecule has 0 aliphatic carbocycles. The van der Waals surface area contributed by atoms with Crippen LogP contribution in [0.25, 0.3) is 54.3 Å². The van der Waals surface area contributed by atoms with Crippen LogP contribution in [0.1, 0.15) is 0 Å². The second-order valence-electron chi connectivity index (χ2n) is 8.26. The van der Waals surface area contributed by atoms with Crippen LogP contribution in [0.5, 0.6) is 0 Å². The van der Waals surface area contributed by atoms with E-state index in [0.717, 1.165) is 38.7 Å². The predicted molar refractivity (Wildman–Crippen MR) is 136 cm³/mol. The monoisotopic (exact) mass is 409 g/mol. The molecule has 0 bridgehead atoms. The molecule has 0 amide bonds. The SMILES string of the molecule is c1ccc2c(c1)cc(Nc1cccc3oc4c5ccccc5ccc4c13)c1ccccc12. The van der Waals surface area contributed by atoms with Crippen molar-refractivity contribution in [1.29, 1.82) is 0 Å². The van der Waals surface area contributed by atoms with E-state index in [0.29, 0.717) is 0 Å². The second-order valence-corrected chi connectivity index (χ2v) is 8.26. The minimum atomic E-state index is 0.895. The molecule has 1 heterocycles. The standard InChI is InChI=1S/C30H19NO/c1-4-11-22-19(8-1)16-17-25-29-26(14-7-15-28(29)32-30(22)25)31-27-18-20-9-2-3-10-21(20)23-12-5-6-13-24(23)27/h1-18,31H. The van der Waals surface area contributed by atoms with E-state index in [9.17, 15) is 0 Å². The van der Waals surface area contributed by atoms with Crippen molar-refractivity contribution in [2.75, 3.05) is 5.32 Å². The molecular formula is C30H19NO. The van der Waals surface area contributed by atoms with Crippen molar-refractivity contribution in [2.24, 2.45) is 0 Å². The summed E-state index contributed by atoms with van der Waals surface area (Å²) in [5, 5.41) is 13.3. The van der Waals surface area contributed by atoms with Gasteiger partial charge in [-0.25, -0.2) is 0 Å². The van der Waals surface area contributed by atoms with Gasteiger partial charge in [-0.2, -0.15) is 0 Å². The molecule has 0 fully saturated rings. The van der Waals surface area contributed by atoms with Gasteiger partial charge >= 0.3 is 0 Å². The van der Waals surface area contributed by atoms with E-state index in [2.05, 4.69) is 108 Å². The van der Waals surface area contributed by atoms with Crippen LogP contribution in [0.2, 0.25) is 0 Å². The highest BCUT2D eigenvalue weighted by Gasteiger charge is 2.14. The van der Waals surface area contributed by atoms with Gasteiger partial charge < -0.3 is 9.73 Å². The van der Waals surface area contributed by atoms with E-state index in [4.69, 9.17) is 4.42 Å². The molecule has 7 rings (SSSR count). The van der Waals surface area contributed by atoms with Crippen LogP contribution in [0.3, 0.4) is 0 Å². The lowest BCUT2D eigenvalue weighted by molar-refractivity contribution is 0.673. The number of furan rings is 1. The molecule has 2 nitrogen and oxygen atoms in total. The predicted octanol–water partition coefficient (Wildman–Crippen LogP) is 8.79. The Balaban J connectivity index is 1.50. The maximum absolute atomic E-state index is 6.36. The van der Waals surface area contributed by atoms with Gasteiger partial charge in [0.1, 0.15) is 11.2 Å². The van der Waals surface area contributed by atoms with Crippen LogP contribution in [-0.2, 0) is 0 Å². The van der Waals surface area contributed by atoms with E-state index in [1.54, 1.807) is 0 Å². The van der Waals surface area contributed by atoms with Crippen molar-refractivity contribution in [3.05, 3.63) is 109 Å². The summed E-state index contributed by atoms with van der Waals surface area (Å²) < 4.78 is 6.36. The number of benzene rings is 6. The van der Waals surface area contributed by atoms with Gasteiger partial charge in [-0.3, -0.25) is 0 Å². The minimum absolute atomic E-state index is 0.895. The first-order chi connectivity index (χ1) is 15.9. The zero-order valence-electron chi connectivity index (χ0n) is 17.3. The molecule has 6 aromatic carbocycles. The van der Waals surface area contributed by atoms with Crippen molar-refractivity contribution in [3.8, 4) is 0 Å². The minimum Gasteiger partial charge on any atom is -0.455 e. The van der Waals surface area contributed by atoms with E-state index >= 15 is 0 Å². The zero-order chi connectivity index (χ0) is 21.1. The number of fused-ring (bicyclic) bond motifs is 8. The fraction of sp³-hybridized carbons (Fsp3) is 0. The first-order valence-electron chi connectivity index (χ1n) is 10.9. The number of hydrogen-bond acceptors (Lipinski definition) is 2. The summed E-state index contributed by atoms with van der Waals surface area (Å²) in [5.74, 6) is 0. The molecule has 0 aliphatic rings. The van der Waals surface area contributed by atoms with Gasteiger partial charge in [0.25, 0.3) is 0 Å². The Morgan fingerprint density at radius 2 is 1.19 bits per heavy atom. The van der Waals surface area contributed by atoms with Gasteiger partial charge in [0.15, 0.2) is 0 Å². The highest BCUT2D eigenvalue weighted by molar-refractivity contribution is 6.20. The summed E-state index contributed by atoms with van der Waals surface area (Å²) in [7, 11) is 0. The molecule has 0 unspecified atom stereocenters. The Labute approximate surface area is 184 Å². The molecule has 7 aromatic rings. The smallest absolute Gasteiger partial charge is 0.143 e. The highest BCUT2D eigenvalue weighted by atomic mass is 16.3. The van der Waals surface area contributed by atoms with Crippen molar-refractivity contribution in [1.82, 2.24) is 0 Å². The van der Waals surface area contributed by atoms with Gasteiger partial charge in [-0.15, -0.1) is 0 Å². The number of rotatable bonds is 2. The van der Waals surface area contributed by atoms with E-state index in [-0.39, 0.29) is 0 Å². The Kier molecular flexibility index (Phi) is 3.58. The number of anilines is 2. The maximum atomic E-state index is 6.36. The van der Waals surface area contributed by atoms with Gasteiger partial charge in [-0.1, -0.05) is 84.9 Å².